The second-order valence-electron chi connectivity index (χ2n) is 5.05. The van der Waals surface area contributed by atoms with E-state index in [0.717, 1.165) is 11.2 Å². The summed E-state index contributed by atoms with van der Waals surface area (Å²) in [7, 11) is 0. The van der Waals surface area contributed by atoms with Gasteiger partial charge in [0.15, 0.2) is 0 Å². The van der Waals surface area contributed by atoms with E-state index in [9.17, 15) is 0 Å². The summed E-state index contributed by atoms with van der Waals surface area (Å²) in [5.41, 5.74) is 1.45. The molecule has 0 aliphatic heterocycles. The normalized spacial score (nSPS) is 12.6. The molecule has 0 saturated heterocycles. The van der Waals surface area contributed by atoms with E-state index in [1.54, 1.807) is 0 Å². The maximum Gasteiger partial charge on any atom is 0.0175 e. The number of hydrogen-bond acceptors (Lipinski definition) is 0. The monoisotopic (exact) mass is 374 g/mol. The Morgan fingerprint density at radius 3 is 2.28 bits per heavy atom. The molecule has 0 aromatic heterocycles. The van der Waals surface area contributed by atoms with E-state index < -0.39 is 0 Å². The van der Waals surface area contributed by atoms with E-state index in [4.69, 9.17) is 0 Å². The van der Waals surface area contributed by atoms with E-state index in [1.807, 2.05) is 0 Å². The number of hydrogen-bond donors (Lipinski definition) is 0. The van der Waals surface area contributed by atoms with E-state index >= 15 is 0 Å². The van der Waals surface area contributed by atoms with Gasteiger partial charge < -0.3 is 0 Å². The van der Waals surface area contributed by atoms with Gasteiger partial charge in [0.1, 0.15) is 0 Å². The second kappa shape index (κ2) is 10.0. The highest BCUT2D eigenvalue weighted by atomic mass is 79.9. The number of rotatable bonds is 9. The Hall–Kier alpha value is 0.180. The van der Waals surface area contributed by atoms with Crippen LogP contribution >= 0.6 is 31.9 Å². The number of unbranched alkanes of at least 4 members (excludes halogenated alkanes) is 4. The van der Waals surface area contributed by atoms with Gasteiger partial charge in [0.05, 0.1) is 0 Å². The molecule has 1 unspecified atom stereocenters. The molecule has 0 fully saturated rings. The van der Waals surface area contributed by atoms with Crippen LogP contribution in [0.5, 0.6) is 0 Å². The molecule has 0 aliphatic rings. The highest BCUT2D eigenvalue weighted by molar-refractivity contribution is 9.10. The molecule has 0 nitrogen and oxygen atoms in total. The van der Waals surface area contributed by atoms with Gasteiger partial charge in [-0.1, -0.05) is 83.0 Å². The lowest BCUT2D eigenvalue weighted by atomic mass is 9.95. The van der Waals surface area contributed by atoms with Crippen molar-refractivity contribution in [1.82, 2.24) is 0 Å². The van der Waals surface area contributed by atoms with Crippen LogP contribution in [0.3, 0.4) is 0 Å². The van der Waals surface area contributed by atoms with Crippen LogP contribution in [-0.4, -0.2) is 5.33 Å². The van der Waals surface area contributed by atoms with Crippen LogP contribution in [0, 0.1) is 5.92 Å². The molecule has 0 N–H and O–H groups in total. The van der Waals surface area contributed by atoms with Gasteiger partial charge in [0.2, 0.25) is 0 Å². The molecule has 0 bridgehead atoms. The van der Waals surface area contributed by atoms with Gasteiger partial charge in [0, 0.05) is 9.80 Å². The molecule has 0 radical (unpaired) electrons. The van der Waals surface area contributed by atoms with Crippen molar-refractivity contribution in [1.29, 1.82) is 0 Å². The summed E-state index contributed by atoms with van der Waals surface area (Å²) in [5, 5.41) is 1.12. The van der Waals surface area contributed by atoms with Crippen LogP contribution < -0.4 is 0 Å². The van der Waals surface area contributed by atoms with Crippen molar-refractivity contribution in [2.75, 3.05) is 5.33 Å². The summed E-state index contributed by atoms with van der Waals surface area (Å²) in [6, 6.07) is 8.75. The average molecular weight is 376 g/mol. The Morgan fingerprint density at radius 1 is 1.00 bits per heavy atom. The first-order chi connectivity index (χ1) is 8.76. The minimum Gasteiger partial charge on any atom is -0.0925 e. The Bertz CT molecular complexity index is 305. The van der Waals surface area contributed by atoms with Crippen LogP contribution in [0.2, 0.25) is 0 Å². The Morgan fingerprint density at radius 2 is 1.67 bits per heavy atom. The zero-order chi connectivity index (χ0) is 13.2. The first-order valence-electron chi connectivity index (χ1n) is 7.06. The third-order valence-corrected chi connectivity index (χ3v) is 4.82. The summed E-state index contributed by atoms with van der Waals surface area (Å²) in [6.45, 7) is 2.27. The highest BCUT2D eigenvalue weighted by Gasteiger charge is 2.08. The van der Waals surface area contributed by atoms with Gasteiger partial charge in [-0.05, 0) is 36.5 Å². The molecule has 1 atom stereocenters. The van der Waals surface area contributed by atoms with Crippen molar-refractivity contribution in [3.63, 3.8) is 0 Å². The number of benzene rings is 1. The fourth-order valence-electron chi connectivity index (χ4n) is 2.22. The largest absolute Gasteiger partial charge is 0.0925 e. The predicted molar refractivity (Wildman–Crippen MR) is 88.5 cm³/mol. The molecule has 0 amide bonds. The SMILES string of the molecule is CCCCCCCC(CBr)Cc1ccc(Br)cc1. The van der Waals surface area contributed by atoms with Crippen molar-refractivity contribution in [3.05, 3.63) is 34.3 Å². The summed E-state index contributed by atoms with van der Waals surface area (Å²) in [6.07, 6.45) is 9.47. The maximum absolute atomic E-state index is 3.66. The molecule has 0 aliphatic carbocycles. The van der Waals surface area contributed by atoms with Gasteiger partial charge in [-0.15, -0.1) is 0 Å². The maximum atomic E-state index is 3.66. The zero-order valence-corrected chi connectivity index (χ0v) is 14.5. The zero-order valence-electron chi connectivity index (χ0n) is 11.3. The molecular formula is C16H24Br2. The lowest BCUT2D eigenvalue weighted by Gasteiger charge is -2.14. The lowest BCUT2D eigenvalue weighted by Crippen LogP contribution is -2.06. The first kappa shape index (κ1) is 16.2. The van der Waals surface area contributed by atoms with Crippen molar-refractivity contribution in [2.45, 2.75) is 51.9 Å². The second-order valence-corrected chi connectivity index (χ2v) is 6.62. The molecule has 1 rings (SSSR count). The van der Waals surface area contributed by atoms with Crippen molar-refractivity contribution in [2.24, 2.45) is 5.92 Å². The highest BCUT2D eigenvalue weighted by Crippen LogP contribution is 2.20. The summed E-state index contributed by atoms with van der Waals surface area (Å²) >= 11 is 7.15. The predicted octanol–water partition coefficient (Wildman–Crippen LogP) is 6.36. The molecule has 102 valence electrons. The minimum absolute atomic E-state index is 0.785. The molecule has 1 aromatic rings. The minimum atomic E-state index is 0.785. The van der Waals surface area contributed by atoms with Gasteiger partial charge >= 0.3 is 0 Å². The molecule has 0 heterocycles. The lowest BCUT2D eigenvalue weighted by molar-refractivity contribution is 0.492. The van der Waals surface area contributed by atoms with E-state index in [1.165, 1.54) is 55.0 Å². The fraction of sp³-hybridized carbons (Fsp3) is 0.625. The van der Waals surface area contributed by atoms with Gasteiger partial charge in [-0.3, -0.25) is 0 Å². The quantitative estimate of drug-likeness (QED) is 0.347. The van der Waals surface area contributed by atoms with E-state index in [0.29, 0.717) is 0 Å². The van der Waals surface area contributed by atoms with Gasteiger partial charge in [0.25, 0.3) is 0 Å². The van der Waals surface area contributed by atoms with Crippen molar-refractivity contribution >= 4 is 31.9 Å². The topological polar surface area (TPSA) is 0 Å². The van der Waals surface area contributed by atoms with E-state index in [2.05, 4.69) is 63.0 Å². The standard InChI is InChI=1S/C16H24Br2/c1-2-3-4-5-6-7-15(13-17)12-14-8-10-16(18)11-9-14/h8-11,15H,2-7,12-13H2,1H3. The van der Waals surface area contributed by atoms with Gasteiger partial charge in [-0.25, -0.2) is 0 Å². The first-order valence-corrected chi connectivity index (χ1v) is 8.98. The van der Waals surface area contributed by atoms with Crippen LogP contribution in [-0.2, 0) is 6.42 Å². The Kier molecular flexibility index (Phi) is 9.04. The number of halogens is 2. The van der Waals surface area contributed by atoms with Gasteiger partial charge in [-0.2, -0.15) is 0 Å². The number of alkyl halides is 1. The molecule has 2 heteroatoms. The van der Waals surface area contributed by atoms with E-state index in [-0.39, 0.29) is 0 Å². The van der Waals surface area contributed by atoms with Crippen molar-refractivity contribution in [3.8, 4) is 0 Å². The fourth-order valence-corrected chi connectivity index (χ4v) is 3.04. The molecule has 1 aromatic carbocycles. The molecule has 0 spiro atoms. The summed E-state index contributed by atoms with van der Waals surface area (Å²) in [4.78, 5) is 0. The molecule has 0 saturated carbocycles. The molecule has 18 heavy (non-hydrogen) atoms. The Labute approximate surface area is 129 Å². The van der Waals surface area contributed by atoms with Crippen LogP contribution in [0.25, 0.3) is 0 Å². The molecular weight excluding hydrogens is 352 g/mol. The van der Waals surface area contributed by atoms with Crippen LogP contribution in [0.1, 0.15) is 51.0 Å². The Balaban J connectivity index is 2.26. The van der Waals surface area contributed by atoms with Crippen LogP contribution in [0.4, 0.5) is 0 Å². The average Bonchev–Trinajstić information content (AvgIpc) is 2.39. The third kappa shape index (κ3) is 6.94. The van der Waals surface area contributed by atoms with Crippen molar-refractivity contribution < 1.29 is 0 Å². The summed E-state index contributed by atoms with van der Waals surface area (Å²) in [5.74, 6) is 0.785. The van der Waals surface area contributed by atoms with Crippen LogP contribution in [0.15, 0.2) is 28.7 Å². The summed E-state index contributed by atoms with van der Waals surface area (Å²) < 4.78 is 1.17. The third-order valence-electron chi connectivity index (χ3n) is 3.37. The smallest absolute Gasteiger partial charge is 0.0175 e.